The Bertz CT molecular complexity index is 2630. The van der Waals surface area contributed by atoms with E-state index in [9.17, 15) is 35.7 Å². The van der Waals surface area contributed by atoms with E-state index in [0.717, 1.165) is 99.7 Å². The zero-order chi connectivity index (χ0) is 104. The van der Waals surface area contributed by atoms with Crippen molar-refractivity contribution in [1.29, 1.82) is 0 Å². The zero-order valence-electron chi connectivity index (χ0n) is 89.8. The monoisotopic (exact) mass is 2200 g/mol. The normalized spacial score (nSPS) is 16.2. The van der Waals surface area contributed by atoms with Crippen LogP contribution >= 0.6 is 0 Å². The molecule has 0 aromatic heterocycles. The average molecular weight is 2200 g/mol. The largest absolute Gasteiger partial charge is 0.456 e. The van der Waals surface area contributed by atoms with E-state index in [1.54, 1.807) is 0 Å². The number of hydrogen-bond donors (Lipinski definition) is 16. The van der Waals surface area contributed by atoms with Crippen LogP contribution in [0.4, 0.5) is 0 Å². The Kier molecular flexibility index (Phi) is 78.1. The van der Waals surface area contributed by atoms with Gasteiger partial charge < -0.3 is 165 Å². The molecule has 0 rings (SSSR count). The van der Waals surface area contributed by atoms with Crippen LogP contribution in [0.3, 0.4) is 0 Å². The predicted molar refractivity (Wildman–Crippen MR) is 570 cm³/mol. The van der Waals surface area contributed by atoms with E-state index in [1.807, 2.05) is 0 Å². The van der Waals surface area contributed by atoms with E-state index < -0.39 is 183 Å². The summed E-state index contributed by atoms with van der Waals surface area (Å²) in [6.07, 6.45) is 0.246. The van der Waals surface area contributed by atoms with Gasteiger partial charge in [-0.3, -0.25) is 0 Å². The Hall–Kier alpha value is 2.07. The van der Waals surface area contributed by atoms with Crippen LogP contribution in [0.15, 0.2) is 0 Å². The van der Waals surface area contributed by atoms with Gasteiger partial charge in [-0.2, -0.15) is 0 Å². The number of ether oxygens (including phenoxy) is 8. The van der Waals surface area contributed by atoms with Crippen molar-refractivity contribution >= 4 is 135 Å². The van der Waals surface area contributed by atoms with Crippen LogP contribution in [-0.4, -0.2) is 424 Å². The lowest BCUT2D eigenvalue weighted by Crippen LogP contribution is -2.58. The van der Waals surface area contributed by atoms with E-state index in [0.29, 0.717) is 52.9 Å². The molecule has 808 valence electrons. The Morgan fingerprint density at radius 2 is 0.293 bits per heavy atom. The Labute approximate surface area is 823 Å². The van der Waals surface area contributed by atoms with Crippen LogP contribution in [0.25, 0.3) is 0 Å². The Morgan fingerprint density at radius 1 is 0.158 bits per heavy atom. The maximum absolute atomic E-state index is 9.44. The molecule has 16 N–H and O–H groups in total. The molecular weight excluding hydrogens is 1990 g/mol. The molecule has 51 heteroatoms. The molecule has 0 bridgehead atoms. The summed E-state index contributed by atoms with van der Waals surface area (Å²) in [6.45, 7) is 77.0. The third kappa shape index (κ3) is 96.0. The number of rotatable bonds is 78. The van der Waals surface area contributed by atoms with Gasteiger partial charge in [0.2, 0.25) is 0 Å². The van der Waals surface area contributed by atoms with Crippen molar-refractivity contribution in [3.05, 3.63) is 0 Å². The quantitative estimate of drug-likeness (QED) is 0.0199. The molecule has 0 aliphatic carbocycles. The molecule has 0 saturated heterocycles. The number of aliphatic hydroxyl groups excluding tert-OH is 16. The van der Waals surface area contributed by atoms with Crippen LogP contribution in [0.2, 0.25) is 271 Å². The van der Waals surface area contributed by atoms with Crippen molar-refractivity contribution in [3.63, 3.8) is 0 Å². The van der Waals surface area contributed by atoms with Gasteiger partial charge in [0.05, 0.1) is 106 Å². The van der Waals surface area contributed by atoms with Gasteiger partial charge in [0.25, 0.3) is 0 Å². The first-order chi connectivity index (χ1) is 60.4. The summed E-state index contributed by atoms with van der Waals surface area (Å²) in [5.41, 5.74) is 0. The molecular formula is C82H206O35Si16. The zero-order valence-corrected chi connectivity index (χ0v) is 106. The standard InChI is InChI=1S/C22H56O10Si5.C20H50O9Si4.C16H38O7Si2.C13H34O5Si3.C11H28O4Si2/c1-33(2,15-11-13-27-19-21(25)17-23)29-35(5,6)31-37(9,10)32-36(7,8)30-34(3,4)16-12-14-28-20-22(26)18-24;1-30(2,3)27-32(7,13-9-11-25-17-19(23)15-21)29-33(8,28-31(4,5)6)14-10-12-26-18-20(24)16-22;1-24(2,9-5-7-21-13-15(19)11-17)23-25(3,4)10-6-8-22-14-16(20)12-18;1-19(2,3)17-21(7,18-20(4,5)6)10-8-9-16-12-13(15)11-14;1-16(2,3)15-17(4,5)8-6-7-14-10-11(13)9-12/h21-26H,11-20H2,1-10H3;19-24H,9-18H2,1-8H3;15-20H,5-14H2,1-4H3;13-15H,8-12H2,1-7H3;11-13H,6-10H2,1-5H3. The summed E-state index contributed by atoms with van der Waals surface area (Å²) in [7, 11) is -32.3. The molecule has 0 aromatic carbocycles. The lowest BCUT2D eigenvalue weighted by Gasteiger charge is -2.43. The minimum absolute atomic E-state index is 0.112. The van der Waals surface area contributed by atoms with Crippen LogP contribution in [0.5, 0.6) is 0 Å². The van der Waals surface area contributed by atoms with Crippen LogP contribution in [-0.2, 0) is 83.2 Å². The molecule has 10 atom stereocenters. The summed E-state index contributed by atoms with van der Waals surface area (Å²) in [6, 6.07) is 7.30. The van der Waals surface area contributed by atoms with Crippen molar-refractivity contribution in [2.45, 2.75) is 371 Å². The van der Waals surface area contributed by atoms with E-state index in [-0.39, 0.29) is 106 Å². The first kappa shape index (κ1) is 144. The third-order valence-corrected chi connectivity index (χ3v) is 75.0. The van der Waals surface area contributed by atoms with Crippen LogP contribution < -0.4 is 0 Å². The Balaban J connectivity index is -0.000000526. The molecule has 0 heterocycles. The molecule has 0 amide bonds. The summed E-state index contributed by atoms with van der Waals surface area (Å²) in [4.78, 5) is 0. The van der Waals surface area contributed by atoms with Gasteiger partial charge in [-0.25, -0.2) is 0 Å². The van der Waals surface area contributed by atoms with Crippen molar-refractivity contribution in [3.8, 4) is 0 Å². The second-order valence-corrected chi connectivity index (χ2v) is 111. The lowest BCUT2D eigenvalue weighted by atomic mass is 10.4. The van der Waals surface area contributed by atoms with E-state index in [2.05, 4.69) is 223 Å². The predicted octanol–water partition coefficient (Wildman–Crippen LogP) is 10.7. The highest BCUT2D eigenvalue weighted by molar-refractivity contribution is 6.92. The maximum Gasteiger partial charge on any atom is 0.315 e. The van der Waals surface area contributed by atoms with Gasteiger partial charge in [-0.1, -0.05) is 0 Å². The number of aliphatic hydroxyl groups is 16. The molecule has 133 heavy (non-hydrogen) atoms. The van der Waals surface area contributed by atoms with Crippen molar-refractivity contribution in [1.82, 2.24) is 0 Å². The van der Waals surface area contributed by atoms with E-state index in [4.69, 9.17) is 129 Å². The molecule has 10 unspecified atom stereocenters. The molecule has 0 radical (unpaired) electrons. The molecule has 0 spiro atoms. The number of hydrogen-bond acceptors (Lipinski definition) is 35. The fourth-order valence-electron chi connectivity index (χ4n) is 14.5. The first-order valence-corrected chi connectivity index (χ1v) is 96.7. The van der Waals surface area contributed by atoms with Gasteiger partial charge in [0.1, 0.15) is 48.8 Å². The molecule has 0 fully saturated rings. The van der Waals surface area contributed by atoms with Gasteiger partial charge in [0.15, 0.2) is 83.2 Å². The molecule has 0 aliphatic rings. The molecule has 0 aliphatic heterocycles. The fourth-order valence-corrected chi connectivity index (χ4v) is 86.7. The van der Waals surface area contributed by atoms with E-state index in [1.165, 1.54) is 0 Å². The summed E-state index contributed by atoms with van der Waals surface area (Å²) in [5, 5.41) is 145. The maximum atomic E-state index is 9.44. The topological polar surface area (TPSA) is 499 Å². The first-order valence-electron chi connectivity index (χ1n) is 48.1. The summed E-state index contributed by atoms with van der Waals surface area (Å²) < 4.78 is 115. The van der Waals surface area contributed by atoms with Crippen molar-refractivity contribution < 1.29 is 165 Å². The van der Waals surface area contributed by atoms with E-state index >= 15 is 0 Å². The van der Waals surface area contributed by atoms with Crippen LogP contribution in [0.1, 0.15) is 51.4 Å². The van der Waals surface area contributed by atoms with Gasteiger partial charge >= 0.3 is 51.4 Å². The van der Waals surface area contributed by atoms with Crippen molar-refractivity contribution in [2.24, 2.45) is 0 Å². The highest BCUT2D eigenvalue weighted by Crippen LogP contribution is 2.34. The summed E-state index contributed by atoms with van der Waals surface area (Å²) in [5.74, 6) is 0. The van der Waals surface area contributed by atoms with Crippen molar-refractivity contribution in [2.75, 3.05) is 159 Å². The highest BCUT2D eigenvalue weighted by Gasteiger charge is 2.49. The minimum atomic E-state index is -2.58. The molecule has 35 nitrogen and oxygen atoms in total. The molecule has 0 saturated carbocycles. The second kappa shape index (κ2) is 72.4. The molecule has 0 aromatic rings. The highest BCUT2D eigenvalue weighted by atomic mass is 28.5. The summed E-state index contributed by atoms with van der Waals surface area (Å²) >= 11 is 0. The lowest BCUT2D eigenvalue weighted by molar-refractivity contribution is 0.00603. The van der Waals surface area contributed by atoms with Gasteiger partial charge in [-0.15, -0.1) is 0 Å². The Morgan fingerprint density at radius 3 is 0.451 bits per heavy atom. The SMILES string of the molecule is C[Si](C)(C)O[Si](C)(C)CCCOCC(O)CO.C[Si](C)(C)O[Si](C)(CCCOCC(O)CO)O[Si](C)(C)C.C[Si](C)(C)O[Si](C)(CCCOCC(O)CO)O[Si](C)(CCCOCC(O)CO)O[Si](C)(C)C.C[Si](C)(CCCOCC(O)CO)O[Si](C)(C)CCCOCC(O)CO.C[Si](C)(CCCOCC(O)CO)O[Si](C)(C)O[Si](C)(C)O[Si](C)(C)O[Si](C)(C)CCCOCC(O)CO. The second-order valence-electron chi connectivity index (χ2n) is 44.2. The average Bonchev–Trinajstić information content (AvgIpc) is 0.805. The fraction of sp³-hybridized carbons (Fsp3) is 1.00. The van der Waals surface area contributed by atoms with Gasteiger partial charge in [-0.05, 0) is 322 Å². The third-order valence-electron chi connectivity index (χ3n) is 17.9. The van der Waals surface area contributed by atoms with Crippen LogP contribution in [0, 0.1) is 0 Å². The smallest absolute Gasteiger partial charge is 0.315 e. The minimum Gasteiger partial charge on any atom is -0.456 e. The van der Waals surface area contributed by atoms with Gasteiger partial charge in [0, 0.05) is 52.9 Å².